The van der Waals surface area contributed by atoms with Crippen LogP contribution in [0.2, 0.25) is 0 Å². The Balaban J connectivity index is 2.06. The summed E-state index contributed by atoms with van der Waals surface area (Å²) in [5.74, 6) is -0.252. The number of carbonyl (C=O) groups is 2. The Bertz CT molecular complexity index is 823. The van der Waals surface area contributed by atoms with Gasteiger partial charge in [-0.1, -0.05) is 31.2 Å². The second-order valence-corrected chi connectivity index (χ2v) is 7.21. The lowest BCUT2D eigenvalue weighted by Gasteiger charge is -2.22. The molecular formula is C22H25F2NO4. The van der Waals surface area contributed by atoms with Gasteiger partial charge in [-0.2, -0.15) is 8.78 Å². The van der Waals surface area contributed by atoms with Crippen molar-refractivity contribution >= 4 is 11.9 Å². The van der Waals surface area contributed by atoms with E-state index in [1.165, 1.54) is 24.3 Å². The summed E-state index contributed by atoms with van der Waals surface area (Å²) in [5.41, 5.74) is 0.877. The Labute approximate surface area is 169 Å². The molecule has 1 amide bonds. The minimum absolute atomic E-state index is 0.0722. The SMILES string of the molecule is CC#CC[C@H](C)[C@H](O)/C=C/C1CC(F)(F)C(=O)N1CCc1ccc(C(=O)O)cc1. The van der Waals surface area contributed by atoms with Crippen molar-refractivity contribution in [3.8, 4) is 11.8 Å². The van der Waals surface area contributed by atoms with Gasteiger partial charge in [-0.15, -0.1) is 11.8 Å². The molecule has 1 aromatic rings. The predicted octanol–water partition coefficient (Wildman–Crippen LogP) is 3.13. The number of halogens is 2. The average Bonchev–Trinajstić information content (AvgIpc) is 2.91. The maximum Gasteiger partial charge on any atom is 0.335 e. The molecule has 0 aliphatic carbocycles. The standard InChI is InChI=1S/C22H25F2NO4/c1-3-4-5-15(2)19(26)11-10-18-14-22(23,24)21(29)25(18)13-12-16-6-8-17(9-7-16)20(27)28/h6-11,15,18-19,26H,5,12-14H2,1-2H3,(H,27,28)/b11-10+/t15-,18?,19+/m0/s1. The van der Waals surface area contributed by atoms with Gasteiger partial charge in [0.15, 0.2) is 0 Å². The van der Waals surface area contributed by atoms with Gasteiger partial charge in [-0.05, 0) is 37.0 Å². The van der Waals surface area contributed by atoms with E-state index in [0.717, 1.165) is 10.5 Å². The largest absolute Gasteiger partial charge is 0.478 e. The van der Waals surface area contributed by atoms with Gasteiger partial charge >= 0.3 is 11.9 Å². The van der Waals surface area contributed by atoms with E-state index in [2.05, 4.69) is 11.8 Å². The lowest BCUT2D eigenvalue weighted by Crippen LogP contribution is -2.37. The highest BCUT2D eigenvalue weighted by Crippen LogP contribution is 2.34. The van der Waals surface area contributed by atoms with Crippen LogP contribution in [0.4, 0.5) is 8.78 Å². The molecule has 3 atom stereocenters. The van der Waals surface area contributed by atoms with Gasteiger partial charge in [0.1, 0.15) is 0 Å². The molecule has 1 aliphatic heterocycles. The molecule has 1 unspecified atom stereocenters. The van der Waals surface area contributed by atoms with Gasteiger partial charge in [0.25, 0.3) is 5.91 Å². The first kappa shape index (κ1) is 22.6. The van der Waals surface area contributed by atoms with Gasteiger partial charge in [0.2, 0.25) is 0 Å². The molecule has 29 heavy (non-hydrogen) atoms. The lowest BCUT2D eigenvalue weighted by molar-refractivity contribution is -0.148. The van der Waals surface area contributed by atoms with Crippen LogP contribution in [-0.4, -0.2) is 51.6 Å². The van der Waals surface area contributed by atoms with E-state index in [1.54, 1.807) is 19.1 Å². The maximum absolute atomic E-state index is 14.0. The first-order valence-electron chi connectivity index (χ1n) is 9.43. The molecule has 2 N–H and O–H groups in total. The number of likely N-dealkylation sites (tertiary alicyclic amines) is 1. The monoisotopic (exact) mass is 405 g/mol. The van der Waals surface area contributed by atoms with Crippen LogP contribution in [0.1, 0.15) is 42.6 Å². The molecular weight excluding hydrogens is 380 g/mol. The van der Waals surface area contributed by atoms with E-state index in [9.17, 15) is 23.5 Å². The molecule has 0 aromatic heterocycles. The summed E-state index contributed by atoms with van der Waals surface area (Å²) in [4.78, 5) is 24.1. The van der Waals surface area contributed by atoms with Crippen LogP contribution in [-0.2, 0) is 11.2 Å². The number of aliphatic hydroxyl groups is 1. The molecule has 0 radical (unpaired) electrons. The van der Waals surface area contributed by atoms with E-state index in [1.807, 2.05) is 6.92 Å². The van der Waals surface area contributed by atoms with E-state index in [-0.39, 0.29) is 18.0 Å². The van der Waals surface area contributed by atoms with Gasteiger partial charge < -0.3 is 15.1 Å². The third kappa shape index (κ3) is 5.88. The zero-order chi connectivity index (χ0) is 21.6. The van der Waals surface area contributed by atoms with Gasteiger partial charge in [-0.3, -0.25) is 4.79 Å². The molecule has 5 nitrogen and oxygen atoms in total. The normalized spacial score (nSPS) is 20.4. The molecule has 2 rings (SSSR count). The third-order valence-electron chi connectivity index (χ3n) is 5.00. The number of alkyl halides is 2. The molecule has 0 saturated carbocycles. The highest BCUT2D eigenvalue weighted by molar-refractivity contribution is 5.87. The fraction of sp³-hybridized carbons (Fsp3) is 0.455. The number of aliphatic hydroxyl groups excluding tert-OH is 1. The third-order valence-corrected chi connectivity index (χ3v) is 5.00. The second-order valence-electron chi connectivity index (χ2n) is 7.21. The number of rotatable bonds is 8. The van der Waals surface area contributed by atoms with Crippen molar-refractivity contribution in [1.82, 2.24) is 4.90 Å². The minimum Gasteiger partial charge on any atom is -0.478 e. The summed E-state index contributed by atoms with van der Waals surface area (Å²) >= 11 is 0. The topological polar surface area (TPSA) is 77.8 Å². The Morgan fingerprint density at radius 3 is 2.62 bits per heavy atom. The molecule has 1 heterocycles. The smallest absolute Gasteiger partial charge is 0.335 e. The van der Waals surface area contributed by atoms with Crippen molar-refractivity contribution < 1.29 is 28.6 Å². The van der Waals surface area contributed by atoms with Crippen LogP contribution in [0.15, 0.2) is 36.4 Å². The van der Waals surface area contributed by atoms with Gasteiger partial charge in [0.05, 0.1) is 17.7 Å². The van der Waals surface area contributed by atoms with Crippen LogP contribution in [0.25, 0.3) is 0 Å². The first-order chi connectivity index (χ1) is 13.7. The number of nitrogens with zero attached hydrogens (tertiary/aromatic N) is 1. The van der Waals surface area contributed by atoms with Crippen molar-refractivity contribution in [1.29, 1.82) is 0 Å². The summed E-state index contributed by atoms with van der Waals surface area (Å²) in [6.07, 6.45) is 2.25. The molecule has 0 spiro atoms. The molecule has 156 valence electrons. The first-order valence-corrected chi connectivity index (χ1v) is 9.43. The maximum atomic E-state index is 14.0. The number of hydrogen-bond acceptors (Lipinski definition) is 3. The molecule has 1 aliphatic rings. The Kier molecular flexibility index (Phi) is 7.52. The Morgan fingerprint density at radius 2 is 2.03 bits per heavy atom. The molecule has 1 saturated heterocycles. The highest BCUT2D eigenvalue weighted by Gasteiger charge is 2.52. The second kappa shape index (κ2) is 9.66. The summed E-state index contributed by atoms with van der Waals surface area (Å²) in [6, 6.07) is 5.27. The zero-order valence-corrected chi connectivity index (χ0v) is 16.4. The van der Waals surface area contributed by atoms with E-state index < -0.39 is 36.4 Å². The van der Waals surface area contributed by atoms with Crippen LogP contribution in [0.5, 0.6) is 0 Å². The quantitative estimate of drug-likeness (QED) is 0.515. The van der Waals surface area contributed by atoms with Crippen LogP contribution < -0.4 is 0 Å². The lowest BCUT2D eigenvalue weighted by atomic mass is 10.00. The van der Waals surface area contributed by atoms with Gasteiger partial charge in [0, 0.05) is 19.4 Å². The fourth-order valence-electron chi connectivity index (χ4n) is 3.14. The number of hydrogen-bond donors (Lipinski definition) is 2. The summed E-state index contributed by atoms with van der Waals surface area (Å²) in [7, 11) is 0. The van der Waals surface area contributed by atoms with E-state index >= 15 is 0 Å². The fourth-order valence-corrected chi connectivity index (χ4v) is 3.14. The van der Waals surface area contributed by atoms with Gasteiger partial charge in [-0.25, -0.2) is 4.79 Å². The number of aromatic carboxylic acids is 1. The van der Waals surface area contributed by atoms with E-state index in [4.69, 9.17) is 5.11 Å². The Hall–Kier alpha value is -2.72. The number of amides is 1. The van der Waals surface area contributed by atoms with Crippen molar-refractivity contribution in [2.75, 3.05) is 6.54 Å². The number of carboxylic acid groups (broad SMARTS) is 1. The zero-order valence-electron chi connectivity index (χ0n) is 16.4. The molecule has 1 fully saturated rings. The van der Waals surface area contributed by atoms with E-state index in [0.29, 0.717) is 12.8 Å². The van der Waals surface area contributed by atoms with Crippen molar-refractivity contribution in [3.05, 3.63) is 47.5 Å². The van der Waals surface area contributed by atoms with Crippen molar-refractivity contribution in [3.63, 3.8) is 0 Å². The molecule has 0 bridgehead atoms. The Morgan fingerprint density at radius 1 is 1.38 bits per heavy atom. The number of carboxylic acids is 1. The minimum atomic E-state index is -3.44. The molecule has 1 aromatic carbocycles. The summed E-state index contributed by atoms with van der Waals surface area (Å²) in [6.45, 7) is 3.59. The summed E-state index contributed by atoms with van der Waals surface area (Å²) < 4.78 is 28.0. The predicted molar refractivity (Wildman–Crippen MR) is 105 cm³/mol. The molecule has 7 heteroatoms. The average molecular weight is 405 g/mol. The van der Waals surface area contributed by atoms with Crippen LogP contribution >= 0.6 is 0 Å². The number of benzene rings is 1. The highest BCUT2D eigenvalue weighted by atomic mass is 19.3. The van der Waals surface area contributed by atoms with Crippen molar-refractivity contribution in [2.24, 2.45) is 5.92 Å². The van der Waals surface area contributed by atoms with Crippen molar-refractivity contribution in [2.45, 2.75) is 51.2 Å². The van der Waals surface area contributed by atoms with Crippen LogP contribution in [0, 0.1) is 17.8 Å². The summed E-state index contributed by atoms with van der Waals surface area (Å²) in [5, 5.41) is 19.1. The number of carbonyl (C=O) groups excluding carboxylic acids is 1. The van der Waals surface area contributed by atoms with Crippen LogP contribution in [0.3, 0.4) is 0 Å².